The molecule has 1 aromatic carbocycles. The van der Waals surface area contributed by atoms with Gasteiger partial charge in [-0.3, -0.25) is 4.90 Å². The van der Waals surface area contributed by atoms with Gasteiger partial charge in [0, 0.05) is 18.6 Å². The minimum Gasteiger partial charge on any atom is -0.299 e. The highest BCUT2D eigenvalue weighted by Crippen LogP contribution is 2.35. The van der Waals surface area contributed by atoms with Gasteiger partial charge in [-0.15, -0.1) is 0 Å². The van der Waals surface area contributed by atoms with E-state index < -0.39 is 10.0 Å². The van der Waals surface area contributed by atoms with Crippen LogP contribution in [0.5, 0.6) is 0 Å². The fourth-order valence-electron chi connectivity index (χ4n) is 3.76. The summed E-state index contributed by atoms with van der Waals surface area (Å²) in [6.07, 6.45) is 5.75. The molecule has 1 atom stereocenters. The van der Waals surface area contributed by atoms with E-state index in [1.54, 1.807) is 4.31 Å². The molecule has 0 saturated carbocycles. The van der Waals surface area contributed by atoms with Crippen LogP contribution in [-0.4, -0.2) is 49.6 Å². The first-order valence-electron chi connectivity index (χ1n) is 7.64. The van der Waals surface area contributed by atoms with E-state index in [9.17, 15) is 8.42 Å². The standard InChI is InChI=1S/C16H24N2O2S/c1-17-10-6-5-9-16(17)11-14-7-3-4-8-15(14)12-18(13-16)21(2,19)20/h3-4,7-8H,5-6,9-13H2,1-2H3. The van der Waals surface area contributed by atoms with Crippen molar-refractivity contribution in [2.75, 3.05) is 26.4 Å². The Morgan fingerprint density at radius 2 is 1.86 bits per heavy atom. The van der Waals surface area contributed by atoms with Gasteiger partial charge in [-0.1, -0.05) is 30.7 Å². The molecule has 1 saturated heterocycles. The van der Waals surface area contributed by atoms with E-state index in [0.717, 1.165) is 24.9 Å². The maximum Gasteiger partial charge on any atom is 0.211 e. The van der Waals surface area contributed by atoms with Crippen molar-refractivity contribution in [2.24, 2.45) is 0 Å². The maximum atomic E-state index is 12.2. The van der Waals surface area contributed by atoms with Crippen molar-refractivity contribution < 1.29 is 8.42 Å². The third kappa shape index (κ3) is 2.87. The molecule has 2 heterocycles. The summed E-state index contributed by atoms with van der Waals surface area (Å²) < 4.78 is 26.0. The highest BCUT2D eigenvalue weighted by Gasteiger charge is 2.42. The van der Waals surface area contributed by atoms with Gasteiger partial charge in [-0.2, -0.15) is 4.31 Å². The fourth-order valence-corrected chi connectivity index (χ4v) is 4.61. The smallest absolute Gasteiger partial charge is 0.211 e. The highest BCUT2D eigenvalue weighted by molar-refractivity contribution is 7.88. The van der Waals surface area contributed by atoms with Crippen LogP contribution in [0, 0.1) is 0 Å². The zero-order valence-corrected chi connectivity index (χ0v) is 13.7. The number of hydrogen-bond acceptors (Lipinski definition) is 3. The van der Waals surface area contributed by atoms with E-state index in [0.29, 0.717) is 13.1 Å². The average molecular weight is 308 g/mol. The Morgan fingerprint density at radius 1 is 1.14 bits per heavy atom. The van der Waals surface area contributed by atoms with Gasteiger partial charge < -0.3 is 0 Å². The number of likely N-dealkylation sites (tertiary alicyclic amines) is 1. The fraction of sp³-hybridized carbons (Fsp3) is 0.625. The number of likely N-dealkylation sites (N-methyl/N-ethyl adjacent to an activating group) is 1. The SMILES string of the molecule is CN1CCCCC12Cc1ccccc1CN(S(C)(=O)=O)C2. The van der Waals surface area contributed by atoms with E-state index in [4.69, 9.17) is 0 Å². The van der Waals surface area contributed by atoms with Crippen LogP contribution in [-0.2, 0) is 23.0 Å². The lowest BCUT2D eigenvalue weighted by atomic mass is 9.81. The molecule has 4 nitrogen and oxygen atoms in total. The molecule has 0 bridgehead atoms. The molecular formula is C16H24N2O2S. The number of rotatable bonds is 1. The van der Waals surface area contributed by atoms with Crippen molar-refractivity contribution in [3.63, 3.8) is 0 Å². The van der Waals surface area contributed by atoms with E-state index in [-0.39, 0.29) is 5.54 Å². The van der Waals surface area contributed by atoms with E-state index in [2.05, 4.69) is 30.1 Å². The van der Waals surface area contributed by atoms with E-state index >= 15 is 0 Å². The molecule has 0 amide bonds. The molecule has 0 radical (unpaired) electrons. The second-order valence-electron chi connectivity index (χ2n) is 6.58. The Bertz CT molecular complexity index is 629. The second-order valence-corrected chi connectivity index (χ2v) is 8.56. The maximum absolute atomic E-state index is 12.2. The zero-order chi connectivity index (χ0) is 15.1. The number of piperidine rings is 1. The second kappa shape index (κ2) is 5.38. The lowest BCUT2D eigenvalue weighted by Crippen LogP contribution is -2.57. The van der Waals surface area contributed by atoms with Crippen LogP contribution in [0.1, 0.15) is 30.4 Å². The topological polar surface area (TPSA) is 40.6 Å². The van der Waals surface area contributed by atoms with Gasteiger partial charge in [0.05, 0.1) is 6.26 Å². The number of nitrogens with zero attached hydrogens (tertiary/aromatic N) is 2. The van der Waals surface area contributed by atoms with Gasteiger partial charge in [0.1, 0.15) is 0 Å². The van der Waals surface area contributed by atoms with Gasteiger partial charge in [-0.05, 0) is 44.0 Å². The number of fused-ring (bicyclic) bond motifs is 1. The van der Waals surface area contributed by atoms with Crippen molar-refractivity contribution in [2.45, 2.75) is 37.8 Å². The van der Waals surface area contributed by atoms with E-state index in [1.807, 2.05) is 6.07 Å². The molecule has 116 valence electrons. The molecular weight excluding hydrogens is 284 g/mol. The Balaban J connectivity index is 2.06. The summed E-state index contributed by atoms with van der Waals surface area (Å²) >= 11 is 0. The Labute approximate surface area is 127 Å². The van der Waals surface area contributed by atoms with Crippen molar-refractivity contribution in [3.05, 3.63) is 35.4 Å². The molecule has 5 heteroatoms. The first kappa shape index (κ1) is 15.0. The Morgan fingerprint density at radius 3 is 2.52 bits per heavy atom. The van der Waals surface area contributed by atoms with Gasteiger partial charge in [-0.25, -0.2) is 8.42 Å². The third-order valence-electron chi connectivity index (χ3n) is 5.12. The Hall–Kier alpha value is -0.910. The molecule has 1 spiro atoms. The molecule has 2 aliphatic rings. The number of hydrogen-bond donors (Lipinski definition) is 0. The summed E-state index contributed by atoms with van der Waals surface area (Å²) in [5.74, 6) is 0. The lowest BCUT2D eigenvalue weighted by molar-refractivity contribution is 0.0573. The molecule has 0 aliphatic carbocycles. The largest absolute Gasteiger partial charge is 0.299 e. The zero-order valence-electron chi connectivity index (χ0n) is 12.9. The average Bonchev–Trinajstić information content (AvgIpc) is 2.59. The minimum absolute atomic E-state index is 0.0477. The first-order chi connectivity index (χ1) is 9.91. The normalized spacial score (nSPS) is 28.3. The molecule has 0 aromatic heterocycles. The number of sulfonamides is 1. The van der Waals surface area contributed by atoms with Gasteiger partial charge in [0.15, 0.2) is 0 Å². The van der Waals surface area contributed by atoms with Crippen LogP contribution in [0.4, 0.5) is 0 Å². The van der Waals surface area contributed by atoms with Gasteiger partial charge >= 0.3 is 0 Å². The molecule has 0 N–H and O–H groups in total. The summed E-state index contributed by atoms with van der Waals surface area (Å²) in [7, 11) is -1.04. The highest BCUT2D eigenvalue weighted by atomic mass is 32.2. The van der Waals surface area contributed by atoms with Crippen LogP contribution in [0.3, 0.4) is 0 Å². The van der Waals surface area contributed by atoms with Crippen LogP contribution < -0.4 is 0 Å². The van der Waals surface area contributed by atoms with Crippen molar-refractivity contribution in [1.82, 2.24) is 9.21 Å². The van der Waals surface area contributed by atoms with Crippen LogP contribution in [0.15, 0.2) is 24.3 Å². The summed E-state index contributed by atoms with van der Waals surface area (Å²) in [6.45, 7) is 2.17. The van der Waals surface area contributed by atoms with Crippen molar-refractivity contribution in [1.29, 1.82) is 0 Å². The molecule has 21 heavy (non-hydrogen) atoms. The van der Waals surface area contributed by atoms with Crippen LogP contribution >= 0.6 is 0 Å². The monoisotopic (exact) mass is 308 g/mol. The van der Waals surface area contributed by atoms with Gasteiger partial charge in [0.2, 0.25) is 10.0 Å². The third-order valence-corrected chi connectivity index (χ3v) is 6.32. The lowest BCUT2D eigenvalue weighted by Gasteiger charge is -2.46. The molecule has 1 fully saturated rings. The number of benzene rings is 1. The minimum atomic E-state index is -3.18. The molecule has 2 aliphatic heterocycles. The summed E-state index contributed by atoms with van der Waals surface area (Å²) in [5, 5.41) is 0. The predicted molar refractivity (Wildman–Crippen MR) is 84.6 cm³/mol. The summed E-state index contributed by atoms with van der Waals surface area (Å²) in [5.41, 5.74) is 2.41. The molecule has 1 unspecified atom stereocenters. The van der Waals surface area contributed by atoms with Crippen molar-refractivity contribution >= 4 is 10.0 Å². The predicted octanol–water partition coefficient (Wildman–Crippen LogP) is 1.86. The van der Waals surface area contributed by atoms with Crippen LogP contribution in [0.2, 0.25) is 0 Å². The Kier molecular flexibility index (Phi) is 3.84. The molecule has 3 rings (SSSR count). The van der Waals surface area contributed by atoms with Crippen LogP contribution in [0.25, 0.3) is 0 Å². The van der Waals surface area contributed by atoms with Gasteiger partial charge in [0.25, 0.3) is 0 Å². The van der Waals surface area contributed by atoms with Crippen molar-refractivity contribution in [3.8, 4) is 0 Å². The summed E-state index contributed by atoms with van der Waals surface area (Å²) in [6, 6.07) is 8.29. The quantitative estimate of drug-likeness (QED) is 0.795. The summed E-state index contributed by atoms with van der Waals surface area (Å²) in [4.78, 5) is 2.39. The van der Waals surface area contributed by atoms with E-state index in [1.165, 1.54) is 24.7 Å². The molecule has 1 aromatic rings. The first-order valence-corrected chi connectivity index (χ1v) is 9.49.